The summed E-state index contributed by atoms with van der Waals surface area (Å²) in [6, 6.07) is 15.7. The molecule has 0 aliphatic carbocycles. The zero-order chi connectivity index (χ0) is 14.7. The second-order valence-corrected chi connectivity index (χ2v) is 5.99. The standard InChI is InChI=1S/C19H23NO/c1-14-4-3-5-16(12-14)7-6-15(2)20-18-8-9-19-17(13-18)10-11-21-19/h3-5,8-9,12-13,15,20H,6-7,10-11H2,1-2H3. The third-order valence-corrected chi connectivity index (χ3v) is 4.05. The van der Waals surface area contributed by atoms with Gasteiger partial charge in [0.1, 0.15) is 5.75 Å². The highest BCUT2D eigenvalue weighted by Gasteiger charge is 2.12. The van der Waals surface area contributed by atoms with Gasteiger partial charge in [-0.1, -0.05) is 29.8 Å². The smallest absolute Gasteiger partial charge is 0.122 e. The van der Waals surface area contributed by atoms with E-state index in [9.17, 15) is 0 Å². The molecule has 1 atom stereocenters. The molecule has 110 valence electrons. The van der Waals surface area contributed by atoms with E-state index in [1.165, 1.54) is 22.4 Å². The van der Waals surface area contributed by atoms with E-state index in [2.05, 4.69) is 61.6 Å². The van der Waals surface area contributed by atoms with Gasteiger partial charge in [-0.05, 0) is 56.0 Å². The summed E-state index contributed by atoms with van der Waals surface area (Å²) in [6.07, 6.45) is 3.28. The molecule has 1 aliphatic heterocycles. The molecule has 1 aliphatic rings. The molecule has 3 rings (SSSR count). The Balaban J connectivity index is 1.55. The van der Waals surface area contributed by atoms with Gasteiger partial charge in [-0.3, -0.25) is 0 Å². The maximum Gasteiger partial charge on any atom is 0.122 e. The fraction of sp³-hybridized carbons (Fsp3) is 0.368. The highest BCUT2D eigenvalue weighted by molar-refractivity contribution is 5.52. The van der Waals surface area contributed by atoms with Crippen molar-refractivity contribution in [2.75, 3.05) is 11.9 Å². The van der Waals surface area contributed by atoms with Crippen molar-refractivity contribution in [1.29, 1.82) is 0 Å². The van der Waals surface area contributed by atoms with Gasteiger partial charge in [-0.15, -0.1) is 0 Å². The van der Waals surface area contributed by atoms with E-state index in [1.54, 1.807) is 0 Å². The summed E-state index contributed by atoms with van der Waals surface area (Å²) in [5.41, 5.74) is 5.29. The van der Waals surface area contributed by atoms with Crippen LogP contribution in [0.4, 0.5) is 5.69 Å². The third kappa shape index (κ3) is 3.57. The molecule has 0 amide bonds. The summed E-state index contributed by atoms with van der Waals surface area (Å²) in [5.74, 6) is 1.05. The van der Waals surface area contributed by atoms with Crippen molar-refractivity contribution < 1.29 is 4.74 Å². The van der Waals surface area contributed by atoms with E-state index < -0.39 is 0 Å². The molecule has 2 heteroatoms. The first kappa shape index (κ1) is 14.0. The van der Waals surface area contributed by atoms with Crippen LogP contribution in [0.3, 0.4) is 0 Å². The van der Waals surface area contributed by atoms with E-state index >= 15 is 0 Å². The number of fused-ring (bicyclic) bond motifs is 1. The monoisotopic (exact) mass is 281 g/mol. The average Bonchev–Trinajstić information content (AvgIpc) is 2.93. The van der Waals surface area contributed by atoms with Crippen LogP contribution in [0.2, 0.25) is 0 Å². The number of nitrogens with one attached hydrogen (secondary N) is 1. The number of hydrogen-bond acceptors (Lipinski definition) is 2. The topological polar surface area (TPSA) is 21.3 Å². The molecular weight excluding hydrogens is 258 g/mol. The minimum Gasteiger partial charge on any atom is -0.493 e. The van der Waals surface area contributed by atoms with E-state index in [0.29, 0.717) is 6.04 Å². The maximum absolute atomic E-state index is 5.55. The first-order valence-electron chi connectivity index (χ1n) is 7.78. The molecule has 2 aromatic rings. The summed E-state index contributed by atoms with van der Waals surface area (Å²) in [6.45, 7) is 5.22. The molecular formula is C19H23NO. The lowest BCUT2D eigenvalue weighted by atomic mass is 10.0. The Hall–Kier alpha value is -1.96. The van der Waals surface area contributed by atoms with Crippen LogP contribution in [0.15, 0.2) is 42.5 Å². The Morgan fingerprint density at radius 2 is 2.10 bits per heavy atom. The van der Waals surface area contributed by atoms with Gasteiger partial charge < -0.3 is 10.1 Å². The Bertz CT molecular complexity index is 621. The van der Waals surface area contributed by atoms with Gasteiger partial charge in [-0.2, -0.15) is 0 Å². The van der Waals surface area contributed by atoms with Crippen molar-refractivity contribution in [3.05, 3.63) is 59.2 Å². The van der Waals surface area contributed by atoms with Crippen molar-refractivity contribution >= 4 is 5.69 Å². The maximum atomic E-state index is 5.55. The Morgan fingerprint density at radius 1 is 1.19 bits per heavy atom. The van der Waals surface area contributed by atoms with Crippen LogP contribution in [0.25, 0.3) is 0 Å². The van der Waals surface area contributed by atoms with E-state index in [-0.39, 0.29) is 0 Å². The highest BCUT2D eigenvalue weighted by Crippen LogP contribution is 2.28. The summed E-state index contributed by atoms with van der Waals surface area (Å²) < 4.78 is 5.55. The molecule has 21 heavy (non-hydrogen) atoms. The predicted octanol–water partition coefficient (Wildman–Crippen LogP) is 4.36. The van der Waals surface area contributed by atoms with Crippen molar-refractivity contribution in [3.8, 4) is 5.75 Å². The highest BCUT2D eigenvalue weighted by atomic mass is 16.5. The lowest BCUT2D eigenvalue weighted by Crippen LogP contribution is -2.16. The third-order valence-electron chi connectivity index (χ3n) is 4.05. The first-order chi connectivity index (χ1) is 10.2. The number of benzene rings is 2. The van der Waals surface area contributed by atoms with Crippen LogP contribution in [0.5, 0.6) is 5.75 Å². The SMILES string of the molecule is Cc1cccc(CCC(C)Nc2ccc3c(c2)CCO3)c1. The lowest BCUT2D eigenvalue weighted by molar-refractivity contribution is 0.357. The molecule has 1 N–H and O–H groups in total. The molecule has 1 unspecified atom stereocenters. The fourth-order valence-electron chi connectivity index (χ4n) is 2.88. The van der Waals surface area contributed by atoms with Crippen molar-refractivity contribution in [2.45, 2.75) is 39.2 Å². The van der Waals surface area contributed by atoms with Gasteiger partial charge in [0, 0.05) is 18.2 Å². The van der Waals surface area contributed by atoms with Gasteiger partial charge >= 0.3 is 0 Å². The van der Waals surface area contributed by atoms with Crippen LogP contribution < -0.4 is 10.1 Å². The number of anilines is 1. The summed E-state index contributed by atoms with van der Waals surface area (Å²) in [4.78, 5) is 0. The minimum absolute atomic E-state index is 0.464. The van der Waals surface area contributed by atoms with E-state index in [1.807, 2.05) is 0 Å². The van der Waals surface area contributed by atoms with Crippen LogP contribution in [0, 0.1) is 6.92 Å². The minimum atomic E-state index is 0.464. The molecule has 0 radical (unpaired) electrons. The number of rotatable bonds is 5. The van der Waals surface area contributed by atoms with Crippen molar-refractivity contribution in [1.82, 2.24) is 0 Å². The molecule has 2 aromatic carbocycles. The normalized spacial score (nSPS) is 14.4. The van der Waals surface area contributed by atoms with E-state index in [4.69, 9.17) is 4.74 Å². The molecule has 1 heterocycles. The van der Waals surface area contributed by atoms with Crippen LogP contribution in [-0.2, 0) is 12.8 Å². The molecule has 0 spiro atoms. The zero-order valence-electron chi connectivity index (χ0n) is 12.9. The first-order valence-corrected chi connectivity index (χ1v) is 7.78. The molecule has 2 nitrogen and oxygen atoms in total. The quantitative estimate of drug-likeness (QED) is 0.879. The summed E-state index contributed by atoms with van der Waals surface area (Å²) in [7, 11) is 0. The van der Waals surface area contributed by atoms with Crippen LogP contribution >= 0.6 is 0 Å². The lowest BCUT2D eigenvalue weighted by Gasteiger charge is -2.16. The summed E-state index contributed by atoms with van der Waals surface area (Å²) >= 11 is 0. The van der Waals surface area contributed by atoms with Crippen LogP contribution in [0.1, 0.15) is 30.0 Å². The molecule has 0 saturated carbocycles. The van der Waals surface area contributed by atoms with Crippen molar-refractivity contribution in [3.63, 3.8) is 0 Å². The fourth-order valence-corrected chi connectivity index (χ4v) is 2.88. The number of ether oxygens (including phenoxy) is 1. The second-order valence-electron chi connectivity index (χ2n) is 5.99. The molecule has 0 aromatic heterocycles. The van der Waals surface area contributed by atoms with Gasteiger partial charge in [-0.25, -0.2) is 0 Å². The Labute approximate surface area is 127 Å². The van der Waals surface area contributed by atoms with E-state index in [0.717, 1.165) is 31.6 Å². The van der Waals surface area contributed by atoms with Crippen LogP contribution in [-0.4, -0.2) is 12.6 Å². The largest absolute Gasteiger partial charge is 0.493 e. The van der Waals surface area contributed by atoms with Crippen molar-refractivity contribution in [2.24, 2.45) is 0 Å². The zero-order valence-corrected chi connectivity index (χ0v) is 12.9. The van der Waals surface area contributed by atoms with Gasteiger partial charge in [0.15, 0.2) is 0 Å². The molecule has 0 fully saturated rings. The van der Waals surface area contributed by atoms with Gasteiger partial charge in [0.25, 0.3) is 0 Å². The average molecular weight is 281 g/mol. The van der Waals surface area contributed by atoms with Gasteiger partial charge in [0.2, 0.25) is 0 Å². The number of hydrogen-bond donors (Lipinski definition) is 1. The molecule has 0 bridgehead atoms. The summed E-state index contributed by atoms with van der Waals surface area (Å²) in [5, 5.41) is 3.60. The van der Waals surface area contributed by atoms with Gasteiger partial charge in [0.05, 0.1) is 6.61 Å². The number of aryl methyl sites for hydroxylation is 2. The predicted molar refractivity (Wildman–Crippen MR) is 88.2 cm³/mol. The molecule has 0 saturated heterocycles. The Kier molecular flexibility index (Phi) is 4.14. The second kappa shape index (κ2) is 6.21. The Morgan fingerprint density at radius 3 is 2.95 bits per heavy atom.